The molecule has 5 heteroatoms. The summed E-state index contributed by atoms with van der Waals surface area (Å²) in [6.45, 7) is 0. The molecule has 0 aliphatic heterocycles. The predicted octanol–water partition coefficient (Wildman–Crippen LogP) is 5.82. The van der Waals surface area contributed by atoms with E-state index < -0.39 is 0 Å². The first-order valence-electron chi connectivity index (χ1n) is 7.72. The first kappa shape index (κ1) is 16.2. The number of carbonyl (C=O) groups is 1. The topological polar surface area (TPSA) is 42.0 Å². The molecule has 1 heterocycles. The summed E-state index contributed by atoms with van der Waals surface area (Å²) < 4.78 is 2.24. The molecule has 0 spiro atoms. The number of hydrogen-bond acceptors (Lipinski definition) is 3. The van der Waals surface area contributed by atoms with Gasteiger partial charge in [-0.2, -0.15) is 0 Å². The van der Waals surface area contributed by atoms with Gasteiger partial charge in [0.15, 0.2) is 0 Å². The van der Waals surface area contributed by atoms with Gasteiger partial charge in [0.1, 0.15) is 5.01 Å². The Hall–Kier alpha value is -2.25. The zero-order valence-electron chi connectivity index (χ0n) is 13.1. The summed E-state index contributed by atoms with van der Waals surface area (Å²) in [5.74, 6) is -0.120. The van der Waals surface area contributed by atoms with Gasteiger partial charge >= 0.3 is 0 Å². The molecule has 0 aliphatic carbocycles. The van der Waals surface area contributed by atoms with Crippen molar-refractivity contribution in [3.63, 3.8) is 0 Å². The first-order valence-corrected chi connectivity index (χ1v) is 9.62. The summed E-state index contributed by atoms with van der Waals surface area (Å²) in [6, 6.07) is 23.3. The second kappa shape index (κ2) is 6.93. The van der Waals surface area contributed by atoms with E-state index in [1.165, 1.54) is 0 Å². The fourth-order valence-electron chi connectivity index (χ4n) is 2.56. The van der Waals surface area contributed by atoms with Crippen LogP contribution in [-0.4, -0.2) is 10.9 Å². The zero-order chi connectivity index (χ0) is 17.2. The number of carbonyl (C=O) groups excluding carboxylic acids is 1. The summed E-state index contributed by atoms with van der Waals surface area (Å²) in [5.41, 5.74) is 3.31. The third kappa shape index (κ3) is 3.43. The third-order valence-corrected chi connectivity index (χ3v) is 5.59. The smallest absolute Gasteiger partial charge is 0.255 e. The molecule has 0 fully saturated rings. The second-order valence-corrected chi connectivity index (χ2v) is 7.77. The predicted molar refractivity (Wildman–Crippen MR) is 112 cm³/mol. The minimum absolute atomic E-state index is 0.120. The van der Waals surface area contributed by atoms with Gasteiger partial charge in [-0.15, -0.1) is 11.3 Å². The van der Waals surface area contributed by atoms with E-state index in [9.17, 15) is 4.79 Å². The van der Waals surface area contributed by atoms with Gasteiger partial charge in [0, 0.05) is 14.7 Å². The number of thiazole rings is 1. The van der Waals surface area contributed by atoms with E-state index in [-0.39, 0.29) is 5.91 Å². The Balaban J connectivity index is 1.69. The Bertz CT molecular complexity index is 1020. The van der Waals surface area contributed by atoms with E-state index in [1.807, 2.05) is 66.7 Å². The molecule has 4 rings (SSSR count). The highest BCUT2D eigenvalue weighted by molar-refractivity contribution is 14.1. The van der Waals surface area contributed by atoms with Crippen LogP contribution < -0.4 is 5.32 Å². The van der Waals surface area contributed by atoms with Gasteiger partial charge in [-0.05, 0) is 71.1 Å². The van der Waals surface area contributed by atoms with Gasteiger partial charge < -0.3 is 5.32 Å². The second-order valence-electron chi connectivity index (χ2n) is 5.49. The third-order valence-electron chi connectivity index (χ3n) is 3.81. The van der Waals surface area contributed by atoms with Gasteiger partial charge in [0.05, 0.1) is 15.9 Å². The normalized spacial score (nSPS) is 10.8. The minimum atomic E-state index is -0.120. The summed E-state index contributed by atoms with van der Waals surface area (Å²) >= 11 is 3.85. The van der Waals surface area contributed by atoms with Crippen molar-refractivity contribution in [3.8, 4) is 10.6 Å². The number of anilines is 1. The first-order chi connectivity index (χ1) is 12.2. The lowest BCUT2D eigenvalue weighted by Crippen LogP contribution is -2.12. The van der Waals surface area contributed by atoms with E-state index in [0.717, 1.165) is 30.0 Å². The molecule has 3 nitrogen and oxygen atoms in total. The molecular weight excluding hydrogens is 443 g/mol. The summed E-state index contributed by atoms with van der Waals surface area (Å²) in [5, 5.41) is 3.92. The van der Waals surface area contributed by atoms with E-state index in [1.54, 1.807) is 11.3 Å². The number of halogens is 1. The van der Waals surface area contributed by atoms with Gasteiger partial charge in [0.2, 0.25) is 0 Å². The van der Waals surface area contributed by atoms with Crippen molar-refractivity contribution >= 4 is 55.7 Å². The van der Waals surface area contributed by atoms with Crippen molar-refractivity contribution in [2.45, 2.75) is 0 Å². The van der Waals surface area contributed by atoms with Crippen molar-refractivity contribution in [1.82, 2.24) is 4.98 Å². The maximum Gasteiger partial charge on any atom is 0.255 e. The van der Waals surface area contributed by atoms with Crippen LogP contribution in [-0.2, 0) is 0 Å². The molecule has 1 amide bonds. The molecule has 0 bridgehead atoms. The molecule has 0 atom stereocenters. The minimum Gasteiger partial charge on any atom is -0.321 e. The van der Waals surface area contributed by atoms with Crippen LogP contribution in [0.4, 0.5) is 5.69 Å². The number of fused-ring (bicyclic) bond motifs is 1. The van der Waals surface area contributed by atoms with Crippen LogP contribution in [0.1, 0.15) is 10.4 Å². The molecular formula is C20H13IN2OS. The van der Waals surface area contributed by atoms with Crippen molar-refractivity contribution < 1.29 is 4.79 Å². The van der Waals surface area contributed by atoms with Gasteiger partial charge in [-0.1, -0.05) is 24.3 Å². The van der Waals surface area contributed by atoms with Crippen LogP contribution in [0, 0.1) is 3.57 Å². The van der Waals surface area contributed by atoms with Gasteiger partial charge in [-0.3, -0.25) is 4.79 Å². The quantitative estimate of drug-likeness (QED) is 0.395. The lowest BCUT2D eigenvalue weighted by molar-refractivity contribution is 0.102. The summed E-state index contributed by atoms with van der Waals surface area (Å²) in [6.07, 6.45) is 0. The Labute approximate surface area is 162 Å². The van der Waals surface area contributed by atoms with E-state index in [4.69, 9.17) is 4.98 Å². The van der Waals surface area contributed by atoms with Gasteiger partial charge in [-0.25, -0.2) is 4.98 Å². The SMILES string of the molecule is O=C(Nc1ccccc1-c1nc2ccccc2s1)c1ccc(I)cc1. The fraction of sp³-hybridized carbons (Fsp3) is 0. The number of aromatic nitrogens is 1. The molecule has 25 heavy (non-hydrogen) atoms. The van der Waals surface area contributed by atoms with E-state index in [0.29, 0.717) is 5.56 Å². The van der Waals surface area contributed by atoms with Crippen molar-refractivity contribution in [2.75, 3.05) is 5.32 Å². The molecule has 0 radical (unpaired) electrons. The summed E-state index contributed by atoms with van der Waals surface area (Å²) in [7, 11) is 0. The van der Waals surface area contributed by atoms with Crippen LogP contribution in [0.5, 0.6) is 0 Å². The standard InChI is InChI=1S/C20H13IN2OS/c21-14-11-9-13(10-12-14)19(24)22-16-6-2-1-5-15(16)20-23-17-7-3-4-8-18(17)25-20/h1-12H,(H,22,24). The van der Waals surface area contributed by atoms with Crippen molar-refractivity contribution in [1.29, 1.82) is 0 Å². The molecule has 0 aliphatic rings. The van der Waals surface area contributed by atoms with Gasteiger partial charge in [0.25, 0.3) is 5.91 Å². The molecule has 0 saturated heterocycles. The molecule has 3 aromatic carbocycles. The fourth-order valence-corrected chi connectivity index (χ4v) is 3.93. The lowest BCUT2D eigenvalue weighted by atomic mass is 10.1. The maximum absolute atomic E-state index is 12.6. The number of rotatable bonds is 3. The molecule has 4 aromatic rings. The average Bonchev–Trinajstić information content (AvgIpc) is 3.06. The van der Waals surface area contributed by atoms with Crippen molar-refractivity contribution in [3.05, 3.63) is 81.9 Å². The molecule has 1 aromatic heterocycles. The van der Waals surface area contributed by atoms with Crippen LogP contribution in [0.3, 0.4) is 0 Å². The highest BCUT2D eigenvalue weighted by atomic mass is 127. The molecule has 0 unspecified atom stereocenters. The Morgan fingerprint density at radius 3 is 2.44 bits per heavy atom. The number of hydrogen-bond donors (Lipinski definition) is 1. The van der Waals surface area contributed by atoms with E-state index >= 15 is 0 Å². The lowest BCUT2D eigenvalue weighted by Gasteiger charge is -2.09. The largest absolute Gasteiger partial charge is 0.321 e. The number of nitrogens with one attached hydrogen (secondary N) is 1. The number of para-hydroxylation sites is 2. The van der Waals surface area contributed by atoms with Crippen LogP contribution >= 0.6 is 33.9 Å². The molecule has 122 valence electrons. The Kier molecular flexibility index (Phi) is 4.50. The Morgan fingerprint density at radius 2 is 1.64 bits per heavy atom. The average molecular weight is 456 g/mol. The molecule has 1 N–H and O–H groups in total. The Morgan fingerprint density at radius 1 is 0.920 bits per heavy atom. The van der Waals surface area contributed by atoms with E-state index in [2.05, 4.69) is 34.0 Å². The highest BCUT2D eigenvalue weighted by Gasteiger charge is 2.13. The number of amides is 1. The van der Waals surface area contributed by atoms with Crippen molar-refractivity contribution in [2.24, 2.45) is 0 Å². The molecule has 0 saturated carbocycles. The van der Waals surface area contributed by atoms with Crippen LogP contribution in [0.15, 0.2) is 72.8 Å². The summed E-state index contributed by atoms with van der Waals surface area (Å²) in [4.78, 5) is 17.3. The van der Waals surface area contributed by atoms with Crippen LogP contribution in [0.25, 0.3) is 20.8 Å². The maximum atomic E-state index is 12.6. The number of benzene rings is 3. The van der Waals surface area contributed by atoms with Crippen LogP contribution in [0.2, 0.25) is 0 Å². The zero-order valence-corrected chi connectivity index (χ0v) is 16.0. The highest BCUT2D eigenvalue weighted by Crippen LogP contribution is 2.34. The monoisotopic (exact) mass is 456 g/mol. The number of nitrogens with zero attached hydrogens (tertiary/aromatic N) is 1.